The number of hydrogen-bond acceptors (Lipinski definition) is 3. The first-order chi connectivity index (χ1) is 4.66. The second-order valence-corrected chi connectivity index (χ2v) is 2.12. The molecule has 3 nitrogen and oxygen atoms in total. The number of allylic oxidation sites excluding steroid dienone is 1. The molecule has 0 aliphatic rings. The van der Waals surface area contributed by atoms with Crippen LogP contribution in [0.15, 0.2) is 11.6 Å². The molecule has 1 N–H and O–H groups in total. The van der Waals surface area contributed by atoms with Gasteiger partial charge in [-0.2, -0.15) is 0 Å². The summed E-state index contributed by atoms with van der Waals surface area (Å²) in [6.07, 6.45) is 1.77. The third kappa shape index (κ3) is 5.31. The maximum absolute atomic E-state index is 10.3. The van der Waals surface area contributed by atoms with E-state index in [-0.39, 0.29) is 6.61 Å². The van der Waals surface area contributed by atoms with Crippen LogP contribution in [-0.4, -0.2) is 24.3 Å². The summed E-state index contributed by atoms with van der Waals surface area (Å²) >= 11 is 0. The SMILES string of the molecule is CC(C)=CCOC(=O)CO. The molecule has 0 unspecified atom stereocenters. The van der Waals surface area contributed by atoms with Crippen molar-refractivity contribution in [1.82, 2.24) is 0 Å². The summed E-state index contributed by atoms with van der Waals surface area (Å²) in [5.41, 5.74) is 1.09. The summed E-state index contributed by atoms with van der Waals surface area (Å²) < 4.78 is 4.54. The monoisotopic (exact) mass is 144 g/mol. The molecule has 0 amide bonds. The van der Waals surface area contributed by atoms with E-state index < -0.39 is 12.6 Å². The zero-order valence-electron chi connectivity index (χ0n) is 6.26. The summed E-state index contributed by atoms with van der Waals surface area (Å²) in [4.78, 5) is 10.3. The number of esters is 1. The van der Waals surface area contributed by atoms with E-state index in [1.807, 2.05) is 13.8 Å². The van der Waals surface area contributed by atoms with E-state index in [0.717, 1.165) is 5.57 Å². The van der Waals surface area contributed by atoms with Gasteiger partial charge in [0, 0.05) is 0 Å². The fourth-order valence-electron chi connectivity index (χ4n) is 0.347. The molecule has 0 aromatic carbocycles. The van der Waals surface area contributed by atoms with E-state index in [4.69, 9.17) is 5.11 Å². The van der Waals surface area contributed by atoms with Crippen LogP contribution in [0.2, 0.25) is 0 Å². The van der Waals surface area contributed by atoms with Crippen LogP contribution < -0.4 is 0 Å². The average molecular weight is 144 g/mol. The molecule has 0 fully saturated rings. The molecule has 10 heavy (non-hydrogen) atoms. The Morgan fingerprint density at radius 1 is 1.60 bits per heavy atom. The van der Waals surface area contributed by atoms with Crippen LogP contribution in [0, 0.1) is 0 Å². The molecule has 58 valence electrons. The van der Waals surface area contributed by atoms with Crippen LogP contribution >= 0.6 is 0 Å². The fraction of sp³-hybridized carbons (Fsp3) is 0.571. The van der Waals surface area contributed by atoms with Crippen LogP contribution in [0.1, 0.15) is 13.8 Å². The molecule has 0 aromatic rings. The number of carbonyl (C=O) groups is 1. The normalized spacial score (nSPS) is 8.70. The van der Waals surface area contributed by atoms with Crippen LogP contribution in [0.5, 0.6) is 0 Å². The smallest absolute Gasteiger partial charge is 0.332 e. The van der Waals surface area contributed by atoms with Crippen molar-refractivity contribution in [2.24, 2.45) is 0 Å². The highest BCUT2D eigenvalue weighted by atomic mass is 16.5. The number of aliphatic hydroxyl groups is 1. The Balaban J connectivity index is 3.37. The molecule has 0 radical (unpaired) electrons. The van der Waals surface area contributed by atoms with Gasteiger partial charge in [-0.3, -0.25) is 0 Å². The van der Waals surface area contributed by atoms with Gasteiger partial charge in [0.05, 0.1) is 0 Å². The predicted molar refractivity (Wildman–Crippen MR) is 37.5 cm³/mol. The zero-order chi connectivity index (χ0) is 7.98. The van der Waals surface area contributed by atoms with Crippen molar-refractivity contribution in [1.29, 1.82) is 0 Å². The Labute approximate surface area is 60.3 Å². The van der Waals surface area contributed by atoms with Gasteiger partial charge >= 0.3 is 5.97 Å². The molecule has 3 heteroatoms. The number of ether oxygens (including phenoxy) is 1. The molecule has 0 aliphatic carbocycles. The predicted octanol–water partition coefficient (Wildman–Crippen LogP) is 0.488. The zero-order valence-corrected chi connectivity index (χ0v) is 6.26. The standard InChI is InChI=1S/C7H12O3/c1-6(2)3-4-10-7(9)5-8/h3,8H,4-5H2,1-2H3. The Kier molecular flexibility index (Phi) is 4.58. The van der Waals surface area contributed by atoms with Gasteiger partial charge in [0.15, 0.2) is 0 Å². The van der Waals surface area contributed by atoms with Gasteiger partial charge in [0.2, 0.25) is 0 Å². The van der Waals surface area contributed by atoms with Gasteiger partial charge in [0.1, 0.15) is 13.2 Å². The summed E-state index contributed by atoms with van der Waals surface area (Å²) in [6, 6.07) is 0. The minimum atomic E-state index is -0.586. The van der Waals surface area contributed by atoms with Crippen LogP contribution in [0.25, 0.3) is 0 Å². The van der Waals surface area contributed by atoms with Crippen molar-refractivity contribution in [3.63, 3.8) is 0 Å². The van der Waals surface area contributed by atoms with Crippen molar-refractivity contribution in [2.75, 3.05) is 13.2 Å². The van der Waals surface area contributed by atoms with E-state index in [9.17, 15) is 4.79 Å². The second kappa shape index (κ2) is 4.99. The lowest BCUT2D eigenvalue weighted by atomic mass is 10.3. The molecular weight excluding hydrogens is 132 g/mol. The van der Waals surface area contributed by atoms with Gasteiger partial charge in [-0.25, -0.2) is 4.79 Å². The van der Waals surface area contributed by atoms with Gasteiger partial charge < -0.3 is 9.84 Å². The summed E-state index contributed by atoms with van der Waals surface area (Å²) in [6.45, 7) is 3.53. The molecular formula is C7H12O3. The van der Waals surface area contributed by atoms with Gasteiger partial charge in [-0.15, -0.1) is 0 Å². The fourth-order valence-corrected chi connectivity index (χ4v) is 0.347. The van der Waals surface area contributed by atoms with Crippen LogP contribution in [-0.2, 0) is 9.53 Å². The summed E-state index contributed by atoms with van der Waals surface area (Å²) in [5, 5.41) is 8.20. The summed E-state index contributed by atoms with van der Waals surface area (Å²) in [7, 11) is 0. The minimum absolute atomic E-state index is 0.252. The Hall–Kier alpha value is -0.830. The lowest BCUT2D eigenvalue weighted by Crippen LogP contribution is -2.08. The van der Waals surface area contributed by atoms with E-state index in [1.165, 1.54) is 0 Å². The highest BCUT2D eigenvalue weighted by molar-refractivity contribution is 5.70. The third-order valence-corrected chi connectivity index (χ3v) is 0.865. The molecule has 0 spiro atoms. The second-order valence-electron chi connectivity index (χ2n) is 2.12. The van der Waals surface area contributed by atoms with Gasteiger partial charge in [-0.1, -0.05) is 5.57 Å². The van der Waals surface area contributed by atoms with Crippen molar-refractivity contribution < 1.29 is 14.6 Å². The molecule has 0 saturated heterocycles. The van der Waals surface area contributed by atoms with E-state index >= 15 is 0 Å². The number of rotatable bonds is 3. The lowest BCUT2D eigenvalue weighted by Gasteiger charge is -1.97. The van der Waals surface area contributed by atoms with Crippen molar-refractivity contribution in [2.45, 2.75) is 13.8 Å². The maximum atomic E-state index is 10.3. The number of aliphatic hydroxyl groups excluding tert-OH is 1. The minimum Gasteiger partial charge on any atom is -0.460 e. The van der Waals surface area contributed by atoms with Crippen molar-refractivity contribution >= 4 is 5.97 Å². The van der Waals surface area contributed by atoms with E-state index in [1.54, 1.807) is 6.08 Å². The molecule has 0 aliphatic heterocycles. The molecule has 0 atom stereocenters. The van der Waals surface area contributed by atoms with Gasteiger partial charge in [0.25, 0.3) is 0 Å². The lowest BCUT2D eigenvalue weighted by molar-refractivity contribution is -0.145. The molecule has 0 heterocycles. The third-order valence-electron chi connectivity index (χ3n) is 0.865. The van der Waals surface area contributed by atoms with Crippen LogP contribution in [0.4, 0.5) is 0 Å². The maximum Gasteiger partial charge on any atom is 0.332 e. The number of hydrogen-bond donors (Lipinski definition) is 1. The molecule has 0 aromatic heterocycles. The van der Waals surface area contributed by atoms with Crippen molar-refractivity contribution in [3.05, 3.63) is 11.6 Å². The first-order valence-electron chi connectivity index (χ1n) is 3.06. The first-order valence-corrected chi connectivity index (χ1v) is 3.06. The largest absolute Gasteiger partial charge is 0.460 e. The van der Waals surface area contributed by atoms with Crippen molar-refractivity contribution in [3.8, 4) is 0 Å². The first kappa shape index (κ1) is 9.17. The van der Waals surface area contributed by atoms with E-state index in [2.05, 4.69) is 4.74 Å². The highest BCUT2D eigenvalue weighted by Crippen LogP contribution is 1.88. The summed E-state index contributed by atoms with van der Waals surface area (Å²) in [5.74, 6) is -0.586. The average Bonchev–Trinajstić information content (AvgIpc) is 1.87. The van der Waals surface area contributed by atoms with E-state index in [0.29, 0.717) is 0 Å². The molecule has 0 rings (SSSR count). The number of carbonyl (C=O) groups excluding carboxylic acids is 1. The molecule has 0 saturated carbocycles. The Morgan fingerprint density at radius 3 is 2.60 bits per heavy atom. The topological polar surface area (TPSA) is 46.5 Å². The Bertz CT molecular complexity index is 134. The Morgan fingerprint density at radius 2 is 2.20 bits per heavy atom. The highest BCUT2D eigenvalue weighted by Gasteiger charge is 1.94. The van der Waals surface area contributed by atoms with Crippen LogP contribution in [0.3, 0.4) is 0 Å². The molecule has 0 bridgehead atoms. The van der Waals surface area contributed by atoms with Gasteiger partial charge in [-0.05, 0) is 19.9 Å². The quantitative estimate of drug-likeness (QED) is 0.463.